The van der Waals surface area contributed by atoms with Gasteiger partial charge in [-0.25, -0.2) is 9.97 Å². The highest BCUT2D eigenvalue weighted by molar-refractivity contribution is 7.27. The summed E-state index contributed by atoms with van der Waals surface area (Å²) in [6.07, 6.45) is 0. The van der Waals surface area contributed by atoms with Crippen LogP contribution in [0.3, 0.4) is 0 Å². The van der Waals surface area contributed by atoms with Crippen LogP contribution in [0.2, 0.25) is 0 Å². The molecule has 0 unspecified atom stereocenters. The molecule has 5 nitrogen and oxygen atoms in total. The average Bonchev–Trinajstić information content (AvgIpc) is 3.92. The molecule has 6 heteroatoms. The van der Waals surface area contributed by atoms with Gasteiger partial charge in [0.25, 0.3) is 0 Å². The summed E-state index contributed by atoms with van der Waals surface area (Å²) in [4.78, 5) is 10.8. The topological polar surface area (TPSA) is 57.0 Å². The first kappa shape index (κ1) is 26.5. The second-order valence-electron chi connectivity index (χ2n) is 12.9. The molecule has 5 heterocycles. The van der Waals surface area contributed by atoms with Crippen LogP contribution < -0.4 is 0 Å². The van der Waals surface area contributed by atoms with Crippen LogP contribution in [0.25, 0.3) is 114 Å². The molecule has 0 atom stereocenters. The number of benzene rings is 7. The third kappa shape index (κ3) is 3.40. The summed E-state index contributed by atoms with van der Waals surface area (Å²) in [5, 5.41) is 10.0. The zero-order valence-corrected chi connectivity index (χ0v) is 27.2. The molecule has 50 heavy (non-hydrogen) atoms. The van der Waals surface area contributed by atoms with Crippen LogP contribution in [0.1, 0.15) is 0 Å². The lowest BCUT2D eigenvalue weighted by molar-refractivity contribution is 0.669. The number of thiophene rings is 1. The van der Waals surface area contributed by atoms with Gasteiger partial charge >= 0.3 is 0 Å². The summed E-state index contributed by atoms with van der Waals surface area (Å²) in [5.74, 6) is 0.625. The van der Waals surface area contributed by atoms with Crippen LogP contribution in [0.4, 0.5) is 0 Å². The number of aromatic nitrogens is 3. The lowest BCUT2D eigenvalue weighted by Gasteiger charge is -2.12. The smallest absolute Gasteiger partial charge is 0.235 e. The average molecular weight is 658 g/mol. The molecule has 0 saturated heterocycles. The third-order valence-corrected chi connectivity index (χ3v) is 11.4. The van der Waals surface area contributed by atoms with Gasteiger partial charge < -0.3 is 8.83 Å². The van der Waals surface area contributed by atoms with Gasteiger partial charge in [-0.15, -0.1) is 11.3 Å². The molecular formula is C44H23N3O2S. The van der Waals surface area contributed by atoms with Gasteiger partial charge in [0.2, 0.25) is 5.95 Å². The fourth-order valence-corrected chi connectivity index (χ4v) is 9.32. The van der Waals surface area contributed by atoms with Gasteiger partial charge in [0.1, 0.15) is 22.3 Å². The quantitative estimate of drug-likeness (QED) is 0.186. The highest BCUT2D eigenvalue weighted by atomic mass is 32.1. The van der Waals surface area contributed by atoms with E-state index < -0.39 is 0 Å². The predicted molar refractivity (Wildman–Crippen MR) is 207 cm³/mol. The Labute approximate surface area is 287 Å². The normalized spacial score (nSPS) is 12.4. The zero-order valence-electron chi connectivity index (χ0n) is 26.3. The number of hydrogen-bond acceptors (Lipinski definition) is 5. The lowest BCUT2D eigenvalue weighted by Crippen LogP contribution is -2.03. The van der Waals surface area contributed by atoms with E-state index >= 15 is 0 Å². The van der Waals surface area contributed by atoms with E-state index in [1.165, 1.54) is 10.1 Å². The van der Waals surface area contributed by atoms with Crippen molar-refractivity contribution in [1.82, 2.24) is 14.5 Å². The second kappa shape index (κ2) is 9.56. The van der Waals surface area contributed by atoms with E-state index in [-0.39, 0.29) is 0 Å². The summed E-state index contributed by atoms with van der Waals surface area (Å²) < 4.78 is 17.7. The molecule has 0 N–H and O–H groups in total. The Bertz CT molecular complexity index is 3400. The summed E-state index contributed by atoms with van der Waals surface area (Å²) in [6, 6.07) is 48.5. The van der Waals surface area contributed by atoms with Crippen molar-refractivity contribution in [3.05, 3.63) is 140 Å². The van der Waals surface area contributed by atoms with Crippen LogP contribution in [0.15, 0.2) is 148 Å². The molecule has 0 aliphatic heterocycles. The van der Waals surface area contributed by atoms with Gasteiger partial charge in [0.15, 0.2) is 0 Å². The highest BCUT2D eigenvalue weighted by Crippen LogP contribution is 2.50. The Hall–Kier alpha value is -6.50. The Kier molecular flexibility index (Phi) is 5.06. The molecule has 12 aromatic rings. The Morgan fingerprint density at radius 3 is 2.06 bits per heavy atom. The van der Waals surface area contributed by atoms with E-state index in [1.54, 1.807) is 11.3 Å². The number of hydrogen-bond donors (Lipinski definition) is 0. The van der Waals surface area contributed by atoms with E-state index in [9.17, 15) is 0 Å². The second-order valence-corrected chi connectivity index (χ2v) is 13.9. The first-order valence-corrected chi connectivity index (χ1v) is 17.5. The molecule has 0 amide bonds. The summed E-state index contributed by atoms with van der Waals surface area (Å²) in [6.45, 7) is 0. The van der Waals surface area contributed by atoms with Crippen molar-refractivity contribution < 1.29 is 8.83 Å². The number of nitrogens with zero attached hydrogens (tertiary/aromatic N) is 3. The minimum absolute atomic E-state index is 0.625. The van der Waals surface area contributed by atoms with Gasteiger partial charge in [0, 0.05) is 58.7 Å². The van der Waals surface area contributed by atoms with E-state index in [4.69, 9.17) is 18.8 Å². The maximum atomic E-state index is 6.75. The Morgan fingerprint density at radius 2 is 1.18 bits per heavy atom. The van der Waals surface area contributed by atoms with Crippen molar-refractivity contribution in [1.29, 1.82) is 0 Å². The number of para-hydroxylation sites is 4. The standard InChI is InChI=1S/C44H23N3O2S/c1-6-16-31-27(12-1)40(24-21-22-26-25-11-3-8-18-33(25)48-35(26)23-24)46-44(45-31)47-32-17-7-2-13-28(32)37-38-29-14-4-9-19-34(29)49-42(38)39-30-15-5-10-20-36(30)50-43(39)41(37)47/h1-23H. The van der Waals surface area contributed by atoms with Crippen LogP contribution in [0.5, 0.6) is 0 Å². The number of rotatable bonds is 2. The van der Waals surface area contributed by atoms with Crippen molar-refractivity contribution in [2.45, 2.75) is 0 Å². The van der Waals surface area contributed by atoms with Crippen LogP contribution >= 0.6 is 11.3 Å². The molecule has 7 aromatic carbocycles. The lowest BCUT2D eigenvalue weighted by atomic mass is 10.0. The number of fused-ring (bicyclic) bond motifs is 16. The van der Waals surface area contributed by atoms with Crippen molar-refractivity contribution in [3.63, 3.8) is 0 Å². The van der Waals surface area contributed by atoms with Gasteiger partial charge in [0.05, 0.1) is 26.9 Å². The third-order valence-electron chi connectivity index (χ3n) is 10.2. The van der Waals surface area contributed by atoms with Crippen molar-refractivity contribution >= 4 is 108 Å². The van der Waals surface area contributed by atoms with E-state index in [2.05, 4.69) is 120 Å². The molecule has 0 fully saturated rings. The maximum Gasteiger partial charge on any atom is 0.235 e. The van der Waals surface area contributed by atoms with Gasteiger partial charge in [-0.1, -0.05) is 97.1 Å². The fraction of sp³-hybridized carbons (Fsp3) is 0. The maximum absolute atomic E-state index is 6.75. The first-order chi connectivity index (χ1) is 24.8. The minimum Gasteiger partial charge on any atom is -0.456 e. The SMILES string of the molecule is c1ccc2c(-c3ccc4c(c3)oc3ccccc34)nc(-n3c4ccccc4c4c5c6ccccc6oc5c5c6ccccc6sc5c43)nc2c1. The van der Waals surface area contributed by atoms with Crippen molar-refractivity contribution in [2.75, 3.05) is 0 Å². The minimum atomic E-state index is 0.625. The summed E-state index contributed by atoms with van der Waals surface area (Å²) >= 11 is 1.80. The molecule has 0 spiro atoms. The van der Waals surface area contributed by atoms with Crippen LogP contribution in [-0.2, 0) is 0 Å². The van der Waals surface area contributed by atoms with Crippen molar-refractivity contribution in [3.8, 4) is 17.2 Å². The molecular weight excluding hydrogens is 635 g/mol. The predicted octanol–water partition coefficient (Wildman–Crippen LogP) is 12.6. The van der Waals surface area contributed by atoms with Gasteiger partial charge in [-0.2, -0.15) is 0 Å². The van der Waals surface area contributed by atoms with Crippen LogP contribution in [-0.4, -0.2) is 14.5 Å². The molecule has 0 aliphatic rings. The van der Waals surface area contributed by atoms with E-state index in [0.29, 0.717) is 5.95 Å². The van der Waals surface area contributed by atoms with E-state index in [0.717, 1.165) is 97.9 Å². The van der Waals surface area contributed by atoms with E-state index in [1.807, 2.05) is 24.3 Å². The van der Waals surface area contributed by atoms with Crippen LogP contribution in [0, 0.1) is 0 Å². The zero-order chi connectivity index (χ0) is 32.5. The van der Waals surface area contributed by atoms with Gasteiger partial charge in [-0.3, -0.25) is 4.57 Å². The Balaban J connectivity index is 1.26. The monoisotopic (exact) mass is 657 g/mol. The number of furan rings is 2. The summed E-state index contributed by atoms with van der Waals surface area (Å²) in [5.41, 5.74) is 8.39. The molecule has 5 aromatic heterocycles. The molecule has 0 radical (unpaired) electrons. The molecule has 0 bridgehead atoms. The molecule has 232 valence electrons. The largest absolute Gasteiger partial charge is 0.456 e. The molecule has 0 aliphatic carbocycles. The van der Waals surface area contributed by atoms with Gasteiger partial charge in [-0.05, 0) is 42.5 Å². The molecule has 0 saturated carbocycles. The molecule has 12 rings (SSSR count). The Morgan fingerprint density at radius 1 is 0.500 bits per heavy atom. The first-order valence-electron chi connectivity index (χ1n) is 16.7. The summed E-state index contributed by atoms with van der Waals surface area (Å²) in [7, 11) is 0. The highest BCUT2D eigenvalue weighted by Gasteiger charge is 2.26. The fourth-order valence-electron chi connectivity index (χ4n) is 8.08. The van der Waals surface area contributed by atoms with Crippen molar-refractivity contribution in [2.24, 2.45) is 0 Å².